The van der Waals surface area contributed by atoms with Gasteiger partial charge in [0.15, 0.2) is 4.34 Å². The molecule has 0 bridgehead atoms. The number of fused-ring (bicyclic) bond motifs is 2. The van der Waals surface area contributed by atoms with E-state index in [1.165, 1.54) is 22.3 Å². The zero-order valence-electron chi connectivity index (χ0n) is 22.0. The van der Waals surface area contributed by atoms with E-state index in [-0.39, 0.29) is 11.3 Å². The van der Waals surface area contributed by atoms with Crippen LogP contribution in [0.25, 0.3) is 21.0 Å². The highest BCUT2D eigenvalue weighted by Crippen LogP contribution is 2.35. The van der Waals surface area contributed by atoms with Gasteiger partial charge in [-0.15, -0.1) is 11.3 Å². The lowest BCUT2D eigenvalue weighted by Crippen LogP contribution is -2.14. The van der Waals surface area contributed by atoms with E-state index in [9.17, 15) is 4.79 Å². The molecule has 4 aromatic carbocycles. The Balaban J connectivity index is 1.27. The molecule has 0 unspecified atom stereocenters. The van der Waals surface area contributed by atoms with Gasteiger partial charge in [-0.3, -0.25) is 4.79 Å². The van der Waals surface area contributed by atoms with Crippen molar-refractivity contribution in [2.24, 2.45) is 0 Å². The Kier molecular flexibility index (Phi) is 7.11. The maximum Gasteiger partial charge on any atom is 0.228 e. The Labute approximate surface area is 227 Å². The molecule has 5 heteroatoms. The number of hydrogen-bond donors (Lipinski definition) is 1. The number of rotatable bonds is 6. The molecule has 0 saturated heterocycles. The number of carbonyl (C=O) groups excluding carboxylic acids is 1. The van der Waals surface area contributed by atoms with Crippen molar-refractivity contribution in [1.29, 1.82) is 0 Å². The summed E-state index contributed by atoms with van der Waals surface area (Å²) in [4.78, 5) is 17.7. The number of nitrogens with zero attached hydrogens (tertiary/aromatic N) is 1. The first kappa shape index (κ1) is 25.5. The molecule has 0 fully saturated rings. The largest absolute Gasteiger partial charge is 0.326 e. The number of thioether (sulfide) groups is 1. The number of aryl methyl sites for hydroxylation is 2. The van der Waals surface area contributed by atoms with Crippen LogP contribution in [0.3, 0.4) is 0 Å². The Morgan fingerprint density at radius 2 is 1.68 bits per heavy atom. The molecule has 5 aromatic rings. The number of carbonyl (C=O) groups is 1. The molecule has 0 spiro atoms. The first-order valence-corrected chi connectivity index (χ1v) is 14.4. The van der Waals surface area contributed by atoms with Crippen LogP contribution in [0.2, 0.25) is 0 Å². The van der Waals surface area contributed by atoms with Gasteiger partial charge in [0.1, 0.15) is 0 Å². The molecule has 1 N–H and O–H groups in total. The molecular formula is C32H32N2OS2. The van der Waals surface area contributed by atoms with Crippen LogP contribution in [-0.4, -0.2) is 10.9 Å². The summed E-state index contributed by atoms with van der Waals surface area (Å²) in [6.45, 7) is 11.2. The Hall–Kier alpha value is -3.15. The molecule has 1 aromatic heterocycles. The molecule has 188 valence electrons. The molecule has 0 saturated carbocycles. The van der Waals surface area contributed by atoms with Gasteiger partial charge in [0.05, 0.1) is 16.6 Å². The number of nitrogens with one attached hydrogen (secondary N) is 1. The highest BCUT2D eigenvalue weighted by atomic mass is 32.2. The van der Waals surface area contributed by atoms with E-state index in [2.05, 4.69) is 70.3 Å². The number of thiazole rings is 1. The van der Waals surface area contributed by atoms with E-state index in [0.717, 1.165) is 42.3 Å². The van der Waals surface area contributed by atoms with Gasteiger partial charge >= 0.3 is 0 Å². The number of aromatic nitrogens is 1. The minimum atomic E-state index is -0.0144. The first-order valence-electron chi connectivity index (χ1n) is 12.6. The normalized spacial score (nSPS) is 11.8. The third kappa shape index (κ3) is 5.73. The third-order valence-electron chi connectivity index (χ3n) is 6.79. The van der Waals surface area contributed by atoms with Crippen molar-refractivity contribution in [1.82, 2.24) is 4.98 Å². The fraction of sp³-hybridized carbons (Fsp3) is 0.250. The van der Waals surface area contributed by atoms with Crippen molar-refractivity contribution in [2.45, 2.75) is 56.5 Å². The van der Waals surface area contributed by atoms with E-state index >= 15 is 0 Å². The molecule has 0 aliphatic rings. The molecular weight excluding hydrogens is 492 g/mol. The van der Waals surface area contributed by atoms with Gasteiger partial charge in [-0.25, -0.2) is 4.98 Å². The molecule has 0 aliphatic carbocycles. The molecule has 5 rings (SSSR count). The second-order valence-electron chi connectivity index (χ2n) is 10.7. The molecule has 0 radical (unpaired) electrons. The van der Waals surface area contributed by atoms with Gasteiger partial charge in [-0.1, -0.05) is 87.1 Å². The fourth-order valence-electron chi connectivity index (χ4n) is 4.66. The second-order valence-corrected chi connectivity index (χ2v) is 12.9. The van der Waals surface area contributed by atoms with Crippen LogP contribution >= 0.6 is 23.1 Å². The standard InChI is InChI=1S/C32H32N2OS2/c1-20-15-24(32(3,4)5)16-21(2)27(20)19-36-31-34-28-14-13-25(18-29(28)37-31)33-30(35)17-23-11-8-10-22-9-6-7-12-26(22)23/h6-16,18H,17,19H2,1-5H3,(H,33,35). The summed E-state index contributed by atoms with van der Waals surface area (Å²) in [7, 11) is 0. The van der Waals surface area contributed by atoms with Crippen LogP contribution in [0.1, 0.15) is 48.6 Å². The van der Waals surface area contributed by atoms with Crippen molar-refractivity contribution in [3.63, 3.8) is 0 Å². The summed E-state index contributed by atoms with van der Waals surface area (Å²) in [6, 6.07) is 24.9. The predicted molar refractivity (Wildman–Crippen MR) is 160 cm³/mol. The van der Waals surface area contributed by atoms with Gasteiger partial charge in [0, 0.05) is 11.4 Å². The van der Waals surface area contributed by atoms with Gasteiger partial charge < -0.3 is 5.32 Å². The Bertz CT molecular complexity index is 1580. The molecule has 0 aliphatic heterocycles. The van der Waals surface area contributed by atoms with Crippen LogP contribution in [0.15, 0.2) is 77.1 Å². The zero-order chi connectivity index (χ0) is 26.2. The van der Waals surface area contributed by atoms with Gasteiger partial charge in [0.25, 0.3) is 0 Å². The molecule has 1 amide bonds. The lowest BCUT2D eigenvalue weighted by molar-refractivity contribution is -0.115. The molecule has 37 heavy (non-hydrogen) atoms. The minimum absolute atomic E-state index is 0.0144. The average Bonchev–Trinajstić information content (AvgIpc) is 3.25. The number of benzene rings is 4. The van der Waals surface area contributed by atoms with Crippen molar-refractivity contribution in [3.8, 4) is 0 Å². The van der Waals surface area contributed by atoms with E-state index in [0.29, 0.717) is 6.42 Å². The van der Waals surface area contributed by atoms with Crippen LogP contribution in [0.4, 0.5) is 5.69 Å². The van der Waals surface area contributed by atoms with Crippen LogP contribution in [0, 0.1) is 13.8 Å². The number of amides is 1. The smallest absolute Gasteiger partial charge is 0.228 e. The highest BCUT2D eigenvalue weighted by molar-refractivity contribution is 8.00. The number of anilines is 1. The van der Waals surface area contributed by atoms with Crippen LogP contribution in [0.5, 0.6) is 0 Å². The van der Waals surface area contributed by atoms with Crippen molar-refractivity contribution in [2.75, 3.05) is 5.32 Å². The van der Waals surface area contributed by atoms with Crippen molar-refractivity contribution < 1.29 is 4.79 Å². The molecule has 3 nitrogen and oxygen atoms in total. The van der Waals surface area contributed by atoms with E-state index in [4.69, 9.17) is 4.98 Å². The van der Waals surface area contributed by atoms with E-state index in [1.54, 1.807) is 23.1 Å². The topological polar surface area (TPSA) is 42.0 Å². The van der Waals surface area contributed by atoms with E-state index in [1.807, 2.05) is 42.5 Å². The van der Waals surface area contributed by atoms with Crippen molar-refractivity contribution in [3.05, 3.63) is 101 Å². The summed E-state index contributed by atoms with van der Waals surface area (Å²) in [5.41, 5.74) is 8.41. The first-order chi connectivity index (χ1) is 17.7. The Morgan fingerprint density at radius 1 is 0.946 bits per heavy atom. The van der Waals surface area contributed by atoms with Gasteiger partial charge in [-0.05, 0) is 76.1 Å². The van der Waals surface area contributed by atoms with Crippen molar-refractivity contribution >= 4 is 55.7 Å². The van der Waals surface area contributed by atoms with Gasteiger partial charge in [-0.2, -0.15) is 0 Å². The van der Waals surface area contributed by atoms with Crippen LogP contribution in [-0.2, 0) is 22.4 Å². The molecule has 1 heterocycles. The van der Waals surface area contributed by atoms with Crippen LogP contribution < -0.4 is 5.32 Å². The summed E-state index contributed by atoms with van der Waals surface area (Å²) in [5, 5.41) is 5.36. The summed E-state index contributed by atoms with van der Waals surface area (Å²) in [6.07, 6.45) is 0.343. The second kappa shape index (κ2) is 10.3. The lowest BCUT2D eigenvalue weighted by atomic mass is 9.84. The summed E-state index contributed by atoms with van der Waals surface area (Å²) in [5.74, 6) is 0.885. The maximum atomic E-state index is 12.8. The van der Waals surface area contributed by atoms with E-state index < -0.39 is 0 Å². The predicted octanol–water partition coefficient (Wildman–Crippen LogP) is 8.84. The maximum absolute atomic E-state index is 12.8. The average molecular weight is 525 g/mol. The Morgan fingerprint density at radius 3 is 2.43 bits per heavy atom. The zero-order valence-corrected chi connectivity index (χ0v) is 23.6. The highest BCUT2D eigenvalue weighted by Gasteiger charge is 2.17. The van der Waals surface area contributed by atoms with Gasteiger partial charge in [0.2, 0.25) is 5.91 Å². The number of hydrogen-bond acceptors (Lipinski definition) is 4. The fourth-order valence-corrected chi connectivity index (χ4v) is 6.96. The quantitative estimate of drug-likeness (QED) is 0.226. The summed E-state index contributed by atoms with van der Waals surface area (Å²) < 4.78 is 2.13. The minimum Gasteiger partial charge on any atom is -0.326 e. The summed E-state index contributed by atoms with van der Waals surface area (Å²) >= 11 is 3.47. The SMILES string of the molecule is Cc1cc(C(C)(C)C)cc(C)c1CSc1nc2ccc(NC(=O)Cc3cccc4ccccc34)cc2s1. The molecule has 0 atom stereocenters. The monoisotopic (exact) mass is 524 g/mol. The third-order valence-corrected chi connectivity index (χ3v) is 8.97. The lowest BCUT2D eigenvalue weighted by Gasteiger charge is -2.22.